The van der Waals surface area contributed by atoms with E-state index in [1.54, 1.807) is 7.05 Å². The van der Waals surface area contributed by atoms with Crippen molar-refractivity contribution in [1.82, 2.24) is 20.0 Å². The topological polar surface area (TPSA) is 50.2 Å². The molecule has 0 spiro atoms. The summed E-state index contributed by atoms with van der Waals surface area (Å²) in [6, 6.07) is 2.25. The van der Waals surface area contributed by atoms with Crippen LogP contribution in [0, 0.1) is 5.92 Å². The fraction of sp³-hybridized carbons (Fsp3) is 0.692. The summed E-state index contributed by atoms with van der Waals surface area (Å²) in [7, 11) is 1.69. The van der Waals surface area contributed by atoms with E-state index in [-0.39, 0.29) is 11.9 Å². The Labute approximate surface area is 107 Å². The zero-order chi connectivity index (χ0) is 12.5. The molecular formula is C13H20N4O. The van der Waals surface area contributed by atoms with Gasteiger partial charge in [0.25, 0.3) is 0 Å². The van der Waals surface area contributed by atoms with Gasteiger partial charge in [-0.25, -0.2) is 0 Å². The maximum atomic E-state index is 11.6. The first-order valence-corrected chi connectivity index (χ1v) is 6.71. The average Bonchev–Trinajstić information content (AvgIpc) is 3.04. The number of rotatable bonds is 4. The van der Waals surface area contributed by atoms with Crippen molar-refractivity contribution in [3.8, 4) is 0 Å². The zero-order valence-electron chi connectivity index (χ0n) is 10.8. The molecule has 18 heavy (non-hydrogen) atoms. The highest BCUT2D eigenvalue weighted by Crippen LogP contribution is 2.32. The van der Waals surface area contributed by atoms with E-state index in [2.05, 4.69) is 21.4 Å². The second-order valence-corrected chi connectivity index (χ2v) is 5.44. The summed E-state index contributed by atoms with van der Waals surface area (Å²) in [6.07, 6.45) is 5.10. The van der Waals surface area contributed by atoms with Gasteiger partial charge in [0, 0.05) is 32.9 Å². The van der Waals surface area contributed by atoms with E-state index in [1.807, 2.05) is 10.9 Å². The molecule has 0 aromatic carbocycles. The van der Waals surface area contributed by atoms with Crippen LogP contribution < -0.4 is 5.32 Å². The average molecular weight is 248 g/mol. The van der Waals surface area contributed by atoms with Gasteiger partial charge < -0.3 is 5.32 Å². The molecule has 1 aliphatic carbocycles. The lowest BCUT2D eigenvalue weighted by Gasteiger charge is -2.33. The summed E-state index contributed by atoms with van der Waals surface area (Å²) in [4.78, 5) is 14.1. The number of fused-ring (bicyclic) bond motifs is 1. The van der Waals surface area contributed by atoms with Crippen molar-refractivity contribution >= 4 is 5.91 Å². The standard InChI is InChI=1S/C13H20N4O/c1-14-13(18)6-12-9-16(7-10-2-3-10)8-11-4-5-15-17(11)12/h4-5,10,12H,2-3,6-9H2,1H3,(H,14,18). The third kappa shape index (κ3) is 2.41. The Bertz CT molecular complexity index is 438. The SMILES string of the molecule is CNC(=O)CC1CN(CC2CC2)Cc2ccnn21. The molecule has 1 saturated carbocycles. The molecule has 5 heteroatoms. The van der Waals surface area contributed by atoms with Gasteiger partial charge in [0.15, 0.2) is 0 Å². The van der Waals surface area contributed by atoms with Gasteiger partial charge >= 0.3 is 0 Å². The number of hydrogen-bond donors (Lipinski definition) is 1. The number of hydrogen-bond acceptors (Lipinski definition) is 3. The number of nitrogens with one attached hydrogen (secondary N) is 1. The van der Waals surface area contributed by atoms with Gasteiger partial charge in [0.2, 0.25) is 5.91 Å². The third-order valence-electron chi connectivity index (χ3n) is 3.87. The van der Waals surface area contributed by atoms with E-state index in [9.17, 15) is 4.79 Å². The number of nitrogens with zero attached hydrogens (tertiary/aromatic N) is 3. The minimum absolute atomic E-state index is 0.0923. The summed E-state index contributed by atoms with van der Waals surface area (Å²) >= 11 is 0. The van der Waals surface area contributed by atoms with E-state index >= 15 is 0 Å². The van der Waals surface area contributed by atoms with E-state index < -0.39 is 0 Å². The Morgan fingerprint density at radius 3 is 3.11 bits per heavy atom. The predicted octanol–water partition coefficient (Wildman–Crippen LogP) is 0.786. The molecule has 3 rings (SSSR count). The van der Waals surface area contributed by atoms with Crippen molar-refractivity contribution in [1.29, 1.82) is 0 Å². The quantitative estimate of drug-likeness (QED) is 0.857. The van der Waals surface area contributed by atoms with Crippen LogP contribution in [-0.4, -0.2) is 40.7 Å². The highest BCUT2D eigenvalue weighted by molar-refractivity contribution is 5.76. The van der Waals surface area contributed by atoms with Crippen LogP contribution in [0.15, 0.2) is 12.3 Å². The van der Waals surface area contributed by atoms with E-state index in [4.69, 9.17) is 0 Å². The largest absolute Gasteiger partial charge is 0.359 e. The molecule has 0 bridgehead atoms. The fourth-order valence-corrected chi connectivity index (χ4v) is 2.74. The Balaban J connectivity index is 1.73. The Morgan fingerprint density at radius 1 is 1.56 bits per heavy atom. The molecule has 1 amide bonds. The first kappa shape index (κ1) is 11.7. The van der Waals surface area contributed by atoms with Crippen molar-refractivity contribution in [3.05, 3.63) is 18.0 Å². The van der Waals surface area contributed by atoms with Crippen molar-refractivity contribution in [2.24, 2.45) is 5.92 Å². The van der Waals surface area contributed by atoms with Crippen LogP contribution in [0.4, 0.5) is 0 Å². The molecular weight excluding hydrogens is 228 g/mol. The molecule has 1 N–H and O–H groups in total. The zero-order valence-corrected chi connectivity index (χ0v) is 10.8. The minimum Gasteiger partial charge on any atom is -0.359 e. The molecule has 0 radical (unpaired) electrons. The molecule has 1 aromatic rings. The van der Waals surface area contributed by atoms with Crippen LogP contribution in [0.25, 0.3) is 0 Å². The molecule has 1 fully saturated rings. The molecule has 1 aliphatic heterocycles. The third-order valence-corrected chi connectivity index (χ3v) is 3.87. The minimum atomic E-state index is 0.0923. The lowest BCUT2D eigenvalue weighted by atomic mass is 10.1. The normalized spacial score (nSPS) is 23.7. The maximum Gasteiger partial charge on any atom is 0.221 e. The first-order valence-electron chi connectivity index (χ1n) is 6.71. The summed E-state index contributed by atoms with van der Waals surface area (Å²) in [5, 5.41) is 7.07. The van der Waals surface area contributed by atoms with Crippen LogP contribution in [0.1, 0.15) is 31.0 Å². The smallest absolute Gasteiger partial charge is 0.221 e. The van der Waals surface area contributed by atoms with Crippen LogP contribution >= 0.6 is 0 Å². The van der Waals surface area contributed by atoms with Crippen LogP contribution in [0.2, 0.25) is 0 Å². The summed E-state index contributed by atoms with van der Waals surface area (Å²) in [5.74, 6) is 0.981. The molecule has 98 valence electrons. The number of aromatic nitrogens is 2. The molecule has 5 nitrogen and oxygen atoms in total. The van der Waals surface area contributed by atoms with E-state index in [0.29, 0.717) is 6.42 Å². The van der Waals surface area contributed by atoms with Crippen LogP contribution in [-0.2, 0) is 11.3 Å². The van der Waals surface area contributed by atoms with E-state index in [0.717, 1.165) is 19.0 Å². The molecule has 1 aromatic heterocycles. The fourth-order valence-electron chi connectivity index (χ4n) is 2.74. The maximum absolute atomic E-state index is 11.6. The van der Waals surface area contributed by atoms with Gasteiger partial charge in [-0.1, -0.05) is 0 Å². The molecule has 2 heterocycles. The number of carbonyl (C=O) groups is 1. The van der Waals surface area contributed by atoms with Gasteiger partial charge in [0.1, 0.15) is 0 Å². The van der Waals surface area contributed by atoms with Crippen LogP contribution in [0.5, 0.6) is 0 Å². The van der Waals surface area contributed by atoms with Crippen molar-refractivity contribution in [2.45, 2.75) is 31.8 Å². The van der Waals surface area contributed by atoms with Crippen molar-refractivity contribution in [3.63, 3.8) is 0 Å². The monoisotopic (exact) mass is 248 g/mol. The summed E-state index contributed by atoms with van der Waals surface area (Å²) < 4.78 is 2.03. The van der Waals surface area contributed by atoms with Gasteiger partial charge in [-0.05, 0) is 24.8 Å². The molecule has 1 atom stereocenters. The predicted molar refractivity (Wildman–Crippen MR) is 67.9 cm³/mol. The molecule has 2 aliphatic rings. The lowest BCUT2D eigenvalue weighted by Crippen LogP contribution is -2.40. The highest BCUT2D eigenvalue weighted by atomic mass is 16.1. The van der Waals surface area contributed by atoms with E-state index in [1.165, 1.54) is 25.1 Å². The van der Waals surface area contributed by atoms with Crippen molar-refractivity contribution in [2.75, 3.05) is 20.1 Å². The Morgan fingerprint density at radius 2 is 2.39 bits per heavy atom. The Hall–Kier alpha value is -1.36. The van der Waals surface area contributed by atoms with Gasteiger partial charge in [0.05, 0.1) is 18.2 Å². The first-order chi connectivity index (χ1) is 8.76. The second-order valence-electron chi connectivity index (χ2n) is 5.44. The lowest BCUT2D eigenvalue weighted by molar-refractivity contribution is -0.121. The second kappa shape index (κ2) is 4.72. The molecule has 0 saturated heterocycles. The highest BCUT2D eigenvalue weighted by Gasteiger charge is 2.31. The Kier molecular flexibility index (Phi) is 3.07. The number of amides is 1. The molecule has 1 unspecified atom stereocenters. The van der Waals surface area contributed by atoms with Crippen LogP contribution in [0.3, 0.4) is 0 Å². The van der Waals surface area contributed by atoms with Gasteiger partial charge in [-0.15, -0.1) is 0 Å². The summed E-state index contributed by atoms with van der Waals surface area (Å²) in [6.45, 7) is 3.09. The summed E-state index contributed by atoms with van der Waals surface area (Å²) in [5.41, 5.74) is 1.23. The van der Waals surface area contributed by atoms with Gasteiger partial charge in [-0.2, -0.15) is 5.10 Å². The van der Waals surface area contributed by atoms with Crippen molar-refractivity contribution < 1.29 is 4.79 Å². The number of carbonyl (C=O) groups excluding carboxylic acids is 1. The van der Waals surface area contributed by atoms with Gasteiger partial charge in [-0.3, -0.25) is 14.4 Å².